The molecule has 0 saturated carbocycles. The van der Waals surface area contributed by atoms with E-state index in [1.807, 2.05) is 66.7 Å². The zero-order chi connectivity index (χ0) is 32.3. The van der Waals surface area contributed by atoms with Crippen LogP contribution in [-0.2, 0) is 0 Å². The molecule has 4 heterocycles. The van der Waals surface area contributed by atoms with Crippen molar-refractivity contribution < 1.29 is 4.42 Å². The van der Waals surface area contributed by atoms with Crippen LogP contribution in [0, 0.1) is 0 Å². The van der Waals surface area contributed by atoms with E-state index in [2.05, 4.69) is 91.0 Å². The quantitative estimate of drug-likeness (QED) is 0.182. The zero-order valence-electron chi connectivity index (χ0n) is 26.2. The van der Waals surface area contributed by atoms with Gasteiger partial charge >= 0.3 is 0 Å². The fourth-order valence-electron chi connectivity index (χ4n) is 6.90. The molecule has 228 valence electrons. The maximum absolute atomic E-state index is 6.20. The van der Waals surface area contributed by atoms with E-state index in [-0.39, 0.29) is 0 Å². The Morgan fingerprint density at radius 1 is 0.408 bits per heavy atom. The Kier molecular flexibility index (Phi) is 6.11. The summed E-state index contributed by atoms with van der Waals surface area (Å²) in [5.74, 6) is 0.659. The van der Waals surface area contributed by atoms with E-state index in [1.165, 1.54) is 0 Å². The van der Waals surface area contributed by atoms with Crippen LogP contribution in [0.25, 0.3) is 99.8 Å². The summed E-state index contributed by atoms with van der Waals surface area (Å²) in [5, 5.41) is 5.17. The number of rotatable bonds is 4. The highest BCUT2D eigenvalue weighted by Crippen LogP contribution is 2.38. The topological polar surface area (TPSA) is 64.7 Å². The fraction of sp³-hybridized carbons (Fsp3) is 0. The molecule has 10 aromatic rings. The zero-order valence-corrected chi connectivity index (χ0v) is 26.2. The van der Waals surface area contributed by atoms with Gasteiger partial charge in [-0.25, -0.2) is 19.9 Å². The van der Waals surface area contributed by atoms with Gasteiger partial charge in [-0.2, -0.15) is 0 Å². The van der Waals surface area contributed by atoms with Crippen molar-refractivity contribution in [2.24, 2.45) is 0 Å². The van der Waals surface area contributed by atoms with Gasteiger partial charge in [-0.15, -0.1) is 0 Å². The average molecular weight is 627 g/mol. The van der Waals surface area contributed by atoms with Crippen LogP contribution >= 0.6 is 0 Å². The molecule has 0 aliphatic heterocycles. The summed E-state index contributed by atoms with van der Waals surface area (Å²) in [6, 6.07) is 53.8. The normalized spacial score (nSPS) is 11.7. The van der Waals surface area contributed by atoms with Crippen molar-refractivity contribution in [3.63, 3.8) is 0 Å². The third-order valence-electron chi connectivity index (χ3n) is 9.27. The first-order valence-corrected chi connectivity index (χ1v) is 16.3. The fourth-order valence-corrected chi connectivity index (χ4v) is 6.90. The molecule has 0 spiro atoms. The number of pyridine rings is 2. The lowest BCUT2D eigenvalue weighted by Crippen LogP contribution is -1.96. The van der Waals surface area contributed by atoms with E-state index in [4.69, 9.17) is 24.4 Å². The van der Waals surface area contributed by atoms with Crippen LogP contribution < -0.4 is 0 Å². The number of aromatic nitrogens is 4. The molecule has 0 fully saturated rings. The molecule has 0 unspecified atom stereocenters. The van der Waals surface area contributed by atoms with Crippen molar-refractivity contribution in [1.29, 1.82) is 0 Å². The Morgan fingerprint density at radius 2 is 1.02 bits per heavy atom. The van der Waals surface area contributed by atoms with E-state index in [9.17, 15) is 0 Å². The minimum Gasteiger partial charge on any atom is -0.456 e. The first kappa shape index (κ1) is 27.4. The van der Waals surface area contributed by atoms with Gasteiger partial charge in [0.05, 0.1) is 33.6 Å². The van der Waals surface area contributed by atoms with Gasteiger partial charge in [0.15, 0.2) is 5.82 Å². The van der Waals surface area contributed by atoms with Crippen LogP contribution in [0.2, 0.25) is 0 Å². The van der Waals surface area contributed by atoms with Gasteiger partial charge in [0.25, 0.3) is 0 Å². The lowest BCUT2D eigenvalue weighted by Gasteiger charge is -2.12. The van der Waals surface area contributed by atoms with Gasteiger partial charge in [-0.05, 0) is 36.4 Å². The molecule has 49 heavy (non-hydrogen) atoms. The highest BCUT2D eigenvalue weighted by Gasteiger charge is 2.18. The van der Waals surface area contributed by atoms with E-state index in [0.717, 1.165) is 94.0 Å². The highest BCUT2D eigenvalue weighted by molar-refractivity contribution is 6.12. The van der Waals surface area contributed by atoms with Crippen LogP contribution in [0.3, 0.4) is 0 Å². The molecule has 5 nitrogen and oxygen atoms in total. The van der Waals surface area contributed by atoms with Crippen molar-refractivity contribution in [3.05, 3.63) is 158 Å². The molecule has 0 saturated heterocycles. The molecule has 0 amide bonds. The average Bonchev–Trinajstić information content (AvgIpc) is 3.56. The summed E-state index contributed by atoms with van der Waals surface area (Å²) in [6.07, 6.45) is 0. The number of para-hydroxylation sites is 2. The number of fused-ring (bicyclic) bond motifs is 7. The van der Waals surface area contributed by atoms with Gasteiger partial charge in [0, 0.05) is 49.2 Å². The van der Waals surface area contributed by atoms with Crippen LogP contribution in [-0.4, -0.2) is 19.9 Å². The van der Waals surface area contributed by atoms with Crippen LogP contribution in [0.4, 0.5) is 0 Å². The number of furan rings is 1. The largest absolute Gasteiger partial charge is 0.456 e. The van der Waals surface area contributed by atoms with Crippen molar-refractivity contribution in [2.75, 3.05) is 0 Å². The van der Waals surface area contributed by atoms with Crippen molar-refractivity contribution in [1.82, 2.24) is 19.9 Å². The SMILES string of the molecule is c1ccc(-c2ccc3ccc4ccc(-c5cccc(-c6nc(-c7cccc8oc9ccccc9c78)nc7ccccc67)c5)nc4c3n2)cc1. The van der Waals surface area contributed by atoms with Crippen molar-refractivity contribution >= 4 is 54.6 Å². The molecular weight excluding hydrogens is 601 g/mol. The first-order valence-electron chi connectivity index (χ1n) is 16.3. The molecule has 0 bridgehead atoms. The van der Waals surface area contributed by atoms with Gasteiger partial charge in [-0.1, -0.05) is 121 Å². The number of hydrogen-bond donors (Lipinski definition) is 0. The van der Waals surface area contributed by atoms with Gasteiger partial charge in [-0.3, -0.25) is 0 Å². The second-order valence-corrected chi connectivity index (χ2v) is 12.2. The number of benzene rings is 6. The summed E-state index contributed by atoms with van der Waals surface area (Å²) < 4.78 is 6.20. The predicted molar refractivity (Wildman–Crippen MR) is 199 cm³/mol. The maximum Gasteiger partial charge on any atom is 0.161 e. The monoisotopic (exact) mass is 626 g/mol. The molecule has 0 aliphatic rings. The Balaban J connectivity index is 1.13. The minimum atomic E-state index is 0.659. The Hall–Kier alpha value is -6.72. The molecule has 0 N–H and O–H groups in total. The van der Waals surface area contributed by atoms with Crippen molar-refractivity contribution in [3.8, 4) is 45.2 Å². The summed E-state index contributed by atoms with van der Waals surface area (Å²) in [7, 11) is 0. The second kappa shape index (κ2) is 10.9. The smallest absolute Gasteiger partial charge is 0.161 e. The molecule has 4 aromatic heterocycles. The third-order valence-corrected chi connectivity index (χ3v) is 9.27. The minimum absolute atomic E-state index is 0.659. The van der Waals surface area contributed by atoms with Crippen molar-refractivity contribution in [2.45, 2.75) is 0 Å². The standard InChI is InChI=1S/C44H26N4O/c1-2-10-27(11-3-1)35-24-22-28-20-21-29-23-25-36(46-43(29)42(28)45-35)30-12-8-13-31(26-30)41-32-14-4-6-17-37(32)47-44(48-41)34-16-9-19-39-40(34)33-15-5-7-18-38(33)49-39/h1-26H. The molecule has 6 aromatic carbocycles. The number of nitrogens with zero attached hydrogens (tertiary/aromatic N) is 4. The van der Waals surface area contributed by atoms with Gasteiger partial charge < -0.3 is 4.42 Å². The summed E-state index contributed by atoms with van der Waals surface area (Å²) in [4.78, 5) is 20.6. The van der Waals surface area contributed by atoms with E-state index < -0.39 is 0 Å². The maximum atomic E-state index is 6.20. The van der Waals surface area contributed by atoms with E-state index in [0.29, 0.717) is 5.82 Å². The van der Waals surface area contributed by atoms with E-state index in [1.54, 1.807) is 0 Å². The number of hydrogen-bond acceptors (Lipinski definition) is 5. The molecule has 0 radical (unpaired) electrons. The van der Waals surface area contributed by atoms with Crippen LogP contribution in [0.1, 0.15) is 0 Å². The Labute approximate surface area is 281 Å². The predicted octanol–water partition coefficient (Wildman–Crippen LogP) is 11.3. The summed E-state index contributed by atoms with van der Waals surface area (Å²) in [6.45, 7) is 0. The molecular formula is C44H26N4O. The second-order valence-electron chi connectivity index (χ2n) is 12.2. The Bertz CT molecular complexity index is 2890. The van der Waals surface area contributed by atoms with Gasteiger partial charge in [0.1, 0.15) is 11.2 Å². The lowest BCUT2D eigenvalue weighted by molar-refractivity contribution is 0.669. The van der Waals surface area contributed by atoms with Gasteiger partial charge in [0.2, 0.25) is 0 Å². The molecule has 5 heteroatoms. The van der Waals surface area contributed by atoms with E-state index >= 15 is 0 Å². The lowest BCUT2D eigenvalue weighted by atomic mass is 10.0. The summed E-state index contributed by atoms with van der Waals surface area (Å²) in [5.41, 5.74) is 11.0. The van der Waals surface area contributed by atoms with Crippen LogP contribution in [0.5, 0.6) is 0 Å². The summed E-state index contributed by atoms with van der Waals surface area (Å²) >= 11 is 0. The Morgan fingerprint density at radius 3 is 1.84 bits per heavy atom. The molecule has 0 aliphatic carbocycles. The van der Waals surface area contributed by atoms with Crippen LogP contribution in [0.15, 0.2) is 162 Å². The first-order chi connectivity index (χ1) is 24.3. The molecule has 10 rings (SSSR count). The third kappa shape index (κ3) is 4.55. The highest BCUT2D eigenvalue weighted by atomic mass is 16.3. The molecule has 0 atom stereocenters.